The second kappa shape index (κ2) is 8.34. The van der Waals surface area contributed by atoms with Gasteiger partial charge in [-0.1, -0.05) is 6.07 Å². The molecule has 0 aromatic carbocycles. The molecule has 0 saturated carbocycles. The zero-order valence-electron chi connectivity index (χ0n) is 16.0. The normalized spacial score (nSPS) is 17.3. The van der Waals surface area contributed by atoms with Crippen molar-refractivity contribution in [2.75, 3.05) is 18.0 Å². The van der Waals surface area contributed by atoms with Crippen LogP contribution >= 0.6 is 0 Å². The van der Waals surface area contributed by atoms with Crippen molar-refractivity contribution in [3.8, 4) is 0 Å². The summed E-state index contributed by atoms with van der Waals surface area (Å²) in [5.41, 5.74) is 3.20. The average Bonchev–Trinajstić information content (AvgIpc) is 2.92. The van der Waals surface area contributed by atoms with Crippen molar-refractivity contribution in [2.45, 2.75) is 59.0 Å². The summed E-state index contributed by atoms with van der Waals surface area (Å²) in [6.45, 7) is 8.68. The molecule has 0 bridgehead atoms. The number of nitrogens with one attached hydrogen (secondary N) is 1. The number of amides is 1. The monoisotopic (exact) mass is 355 g/mol. The summed E-state index contributed by atoms with van der Waals surface area (Å²) in [4.78, 5) is 19.2. The number of aromatic nitrogens is 3. The average molecular weight is 355 g/mol. The van der Waals surface area contributed by atoms with Gasteiger partial charge in [-0.25, -0.2) is 4.98 Å². The van der Waals surface area contributed by atoms with Crippen LogP contribution in [-0.4, -0.2) is 39.8 Å². The van der Waals surface area contributed by atoms with Crippen molar-refractivity contribution in [3.63, 3.8) is 0 Å². The summed E-state index contributed by atoms with van der Waals surface area (Å²) in [5.74, 6) is 1.14. The van der Waals surface area contributed by atoms with Gasteiger partial charge in [0.2, 0.25) is 5.91 Å². The Balaban J connectivity index is 1.45. The fourth-order valence-electron chi connectivity index (χ4n) is 3.60. The lowest BCUT2D eigenvalue weighted by molar-refractivity contribution is -0.122. The van der Waals surface area contributed by atoms with Crippen LogP contribution in [0.25, 0.3) is 0 Å². The molecule has 3 heterocycles. The Labute approximate surface area is 155 Å². The van der Waals surface area contributed by atoms with Crippen LogP contribution in [-0.2, 0) is 11.3 Å². The largest absolute Gasteiger partial charge is 0.355 e. The van der Waals surface area contributed by atoms with E-state index in [1.54, 1.807) is 0 Å². The third-order valence-electron chi connectivity index (χ3n) is 4.86. The summed E-state index contributed by atoms with van der Waals surface area (Å²) in [6, 6.07) is 8.36. The van der Waals surface area contributed by atoms with Gasteiger partial charge in [0.05, 0.1) is 5.69 Å². The Morgan fingerprint density at radius 1 is 1.27 bits per heavy atom. The number of hydrogen-bond donors (Lipinski definition) is 1. The number of anilines is 1. The molecule has 0 aliphatic carbocycles. The molecule has 0 spiro atoms. The van der Waals surface area contributed by atoms with E-state index in [1.807, 2.05) is 36.7 Å². The Morgan fingerprint density at radius 2 is 2.12 bits per heavy atom. The summed E-state index contributed by atoms with van der Waals surface area (Å²) in [6.07, 6.45) is 3.46. The highest BCUT2D eigenvalue weighted by Crippen LogP contribution is 2.18. The number of nitrogens with zero attached hydrogens (tertiary/aromatic N) is 4. The molecule has 2 aromatic heterocycles. The minimum Gasteiger partial charge on any atom is -0.355 e. The second-order valence-electron chi connectivity index (χ2n) is 7.24. The van der Waals surface area contributed by atoms with E-state index < -0.39 is 0 Å². The van der Waals surface area contributed by atoms with Crippen molar-refractivity contribution in [1.29, 1.82) is 0 Å². The van der Waals surface area contributed by atoms with Crippen LogP contribution in [0.3, 0.4) is 0 Å². The van der Waals surface area contributed by atoms with E-state index in [4.69, 9.17) is 0 Å². The van der Waals surface area contributed by atoms with Gasteiger partial charge in [0.1, 0.15) is 5.82 Å². The molecule has 1 N–H and O–H groups in total. The first-order valence-corrected chi connectivity index (χ1v) is 9.50. The predicted molar refractivity (Wildman–Crippen MR) is 103 cm³/mol. The van der Waals surface area contributed by atoms with E-state index in [1.165, 1.54) is 0 Å². The number of rotatable bonds is 6. The van der Waals surface area contributed by atoms with Crippen LogP contribution < -0.4 is 10.2 Å². The smallest absolute Gasteiger partial charge is 0.220 e. The molecule has 1 aliphatic heterocycles. The van der Waals surface area contributed by atoms with E-state index in [9.17, 15) is 4.79 Å². The van der Waals surface area contributed by atoms with Gasteiger partial charge in [0, 0.05) is 43.5 Å². The van der Waals surface area contributed by atoms with Crippen molar-refractivity contribution in [2.24, 2.45) is 0 Å². The maximum Gasteiger partial charge on any atom is 0.220 e. The summed E-state index contributed by atoms with van der Waals surface area (Å²) in [5, 5.41) is 7.65. The highest BCUT2D eigenvalue weighted by Gasteiger charge is 2.22. The summed E-state index contributed by atoms with van der Waals surface area (Å²) >= 11 is 0. The van der Waals surface area contributed by atoms with Crippen molar-refractivity contribution < 1.29 is 4.79 Å². The molecular weight excluding hydrogens is 326 g/mol. The van der Waals surface area contributed by atoms with E-state index in [0.717, 1.165) is 61.8 Å². The molecule has 6 nitrogen and oxygen atoms in total. The second-order valence-corrected chi connectivity index (χ2v) is 7.24. The highest BCUT2D eigenvalue weighted by atomic mass is 16.1. The van der Waals surface area contributed by atoms with Gasteiger partial charge >= 0.3 is 0 Å². The molecule has 1 unspecified atom stereocenters. The van der Waals surface area contributed by atoms with Gasteiger partial charge in [-0.3, -0.25) is 9.48 Å². The van der Waals surface area contributed by atoms with Gasteiger partial charge in [0.25, 0.3) is 0 Å². The van der Waals surface area contributed by atoms with E-state index in [-0.39, 0.29) is 11.9 Å². The maximum absolute atomic E-state index is 12.3. The van der Waals surface area contributed by atoms with E-state index in [0.29, 0.717) is 6.42 Å². The molecule has 140 valence electrons. The van der Waals surface area contributed by atoms with Crippen molar-refractivity contribution >= 4 is 11.7 Å². The number of carbonyl (C=O) groups excluding carboxylic acids is 1. The Kier molecular flexibility index (Phi) is 5.91. The quantitative estimate of drug-likeness (QED) is 0.865. The Morgan fingerprint density at radius 3 is 2.85 bits per heavy atom. The first-order chi connectivity index (χ1) is 12.5. The first kappa shape index (κ1) is 18.4. The maximum atomic E-state index is 12.3. The Bertz CT molecular complexity index is 754. The zero-order chi connectivity index (χ0) is 18.5. The van der Waals surface area contributed by atoms with Crippen molar-refractivity contribution in [3.05, 3.63) is 41.3 Å². The summed E-state index contributed by atoms with van der Waals surface area (Å²) < 4.78 is 1.98. The number of pyridine rings is 1. The molecule has 3 rings (SSSR count). The van der Waals surface area contributed by atoms with Gasteiger partial charge in [-0.2, -0.15) is 5.10 Å². The minimum absolute atomic E-state index is 0.135. The molecule has 1 saturated heterocycles. The van der Waals surface area contributed by atoms with Crippen LogP contribution in [0, 0.1) is 20.8 Å². The van der Waals surface area contributed by atoms with Gasteiger partial charge in [-0.15, -0.1) is 0 Å². The third-order valence-corrected chi connectivity index (χ3v) is 4.86. The van der Waals surface area contributed by atoms with E-state index >= 15 is 0 Å². The lowest BCUT2D eigenvalue weighted by Gasteiger charge is -2.34. The SMILES string of the molecule is Cc1cccc(N2CCCC(NC(=O)CCCn3nc(C)cc3C)C2)n1. The van der Waals surface area contributed by atoms with E-state index in [2.05, 4.69) is 33.3 Å². The molecule has 0 radical (unpaired) electrons. The predicted octanol–water partition coefficient (Wildman–Crippen LogP) is 2.77. The van der Waals surface area contributed by atoms with Crippen LogP contribution in [0.1, 0.15) is 42.8 Å². The van der Waals surface area contributed by atoms with Gasteiger partial charge in [0.15, 0.2) is 0 Å². The topological polar surface area (TPSA) is 63.1 Å². The zero-order valence-corrected chi connectivity index (χ0v) is 16.0. The van der Waals surface area contributed by atoms with Crippen LogP contribution in [0.4, 0.5) is 5.82 Å². The summed E-state index contributed by atoms with van der Waals surface area (Å²) in [7, 11) is 0. The molecule has 1 aliphatic rings. The minimum atomic E-state index is 0.135. The molecule has 26 heavy (non-hydrogen) atoms. The molecule has 6 heteroatoms. The number of aryl methyl sites for hydroxylation is 4. The van der Waals surface area contributed by atoms with Crippen molar-refractivity contribution in [1.82, 2.24) is 20.1 Å². The lowest BCUT2D eigenvalue weighted by Crippen LogP contribution is -2.48. The molecule has 1 fully saturated rings. The molecule has 1 atom stereocenters. The molecular formula is C20H29N5O. The standard InChI is InChI=1S/C20H29N5O/c1-15-7-4-9-19(21-15)24-11-5-8-18(14-24)22-20(26)10-6-12-25-17(3)13-16(2)23-25/h4,7,9,13,18H,5-6,8,10-12,14H2,1-3H3,(H,22,26). The fraction of sp³-hybridized carbons (Fsp3) is 0.550. The molecule has 1 amide bonds. The van der Waals surface area contributed by atoms with Crippen LogP contribution in [0.5, 0.6) is 0 Å². The molecule has 2 aromatic rings. The Hall–Kier alpha value is -2.37. The fourth-order valence-corrected chi connectivity index (χ4v) is 3.60. The number of carbonyl (C=O) groups is 1. The van der Waals surface area contributed by atoms with Gasteiger partial charge < -0.3 is 10.2 Å². The number of hydrogen-bond acceptors (Lipinski definition) is 4. The van der Waals surface area contributed by atoms with Crippen LogP contribution in [0.15, 0.2) is 24.3 Å². The highest BCUT2D eigenvalue weighted by molar-refractivity contribution is 5.76. The van der Waals surface area contributed by atoms with Crippen LogP contribution in [0.2, 0.25) is 0 Å². The first-order valence-electron chi connectivity index (χ1n) is 9.50. The number of piperidine rings is 1. The van der Waals surface area contributed by atoms with Gasteiger partial charge in [-0.05, 0) is 58.2 Å². The lowest BCUT2D eigenvalue weighted by atomic mass is 10.1. The third kappa shape index (κ3) is 4.84.